The number of hydrogen-bond acceptors (Lipinski definition) is 8. The summed E-state index contributed by atoms with van der Waals surface area (Å²) >= 11 is 6.91. The van der Waals surface area contributed by atoms with E-state index >= 15 is 0 Å². The molecule has 4 heterocycles. The number of halogens is 1. The quantitative estimate of drug-likeness (QED) is 0.442. The number of hydrogen-bond donors (Lipinski definition) is 1. The molecule has 4 aromatic rings. The summed E-state index contributed by atoms with van der Waals surface area (Å²) in [6.07, 6.45) is 5.32. The average molecular weight is 478 g/mol. The summed E-state index contributed by atoms with van der Waals surface area (Å²) in [5.74, 6) is 1.73. The lowest BCUT2D eigenvalue weighted by Crippen LogP contribution is -2.37. The van der Waals surface area contributed by atoms with Crippen LogP contribution in [0.3, 0.4) is 0 Å². The zero-order chi connectivity index (χ0) is 23.5. The predicted octanol–water partition coefficient (Wildman–Crippen LogP) is 4.18. The van der Waals surface area contributed by atoms with E-state index in [-0.39, 0.29) is 0 Å². The van der Waals surface area contributed by atoms with E-state index in [4.69, 9.17) is 31.0 Å². The minimum Gasteiger partial charge on any atom is -0.496 e. The van der Waals surface area contributed by atoms with Crippen molar-refractivity contribution in [3.8, 4) is 28.3 Å². The Hall–Kier alpha value is -3.69. The molecule has 3 aromatic heterocycles. The van der Waals surface area contributed by atoms with Crippen molar-refractivity contribution in [1.29, 1.82) is 0 Å². The van der Waals surface area contributed by atoms with Crippen molar-refractivity contribution in [3.63, 3.8) is 0 Å². The predicted molar refractivity (Wildman–Crippen MR) is 132 cm³/mol. The van der Waals surface area contributed by atoms with Gasteiger partial charge in [-0.2, -0.15) is 10.1 Å². The van der Waals surface area contributed by atoms with Crippen LogP contribution >= 0.6 is 11.6 Å². The molecule has 34 heavy (non-hydrogen) atoms. The van der Waals surface area contributed by atoms with Crippen molar-refractivity contribution in [3.05, 3.63) is 60.0 Å². The number of rotatable bonds is 6. The second kappa shape index (κ2) is 9.66. The molecule has 0 amide bonds. The summed E-state index contributed by atoms with van der Waals surface area (Å²) in [7, 11) is 3.52. The van der Waals surface area contributed by atoms with Gasteiger partial charge < -0.3 is 19.7 Å². The number of nitrogens with one attached hydrogen (secondary N) is 1. The van der Waals surface area contributed by atoms with Crippen LogP contribution in [-0.4, -0.2) is 58.1 Å². The molecule has 0 atom stereocenters. The van der Waals surface area contributed by atoms with Crippen molar-refractivity contribution < 1.29 is 9.47 Å². The maximum absolute atomic E-state index is 6.91. The Morgan fingerprint density at radius 3 is 2.56 bits per heavy atom. The fourth-order valence-corrected chi connectivity index (χ4v) is 4.03. The standard InChI is InChI=1S/C24H24ClN7O2/c1-31-10-7-19(30-31)16-3-4-20(33-2)18(15-16)22-21(25)23(27-17-5-8-26-9-6-17)29-24(28-22)32-11-13-34-14-12-32/h3-10,15H,11-14H2,1-2H3,(H,26,27,28,29). The van der Waals surface area contributed by atoms with Crippen molar-refractivity contribution in [2.45, 2.75) is 0 Å². The highest BCUT2D eigenvalue weighted by Crippen LogP contribution is 2.40. The molecule has 0 bridgehead atoms. The number of morpholine rings is 1. The van der Waals surface area contributed by atoms with E-state index in [1.165, 1.54) is 0 Å². The molecule has 0 aliphatic carbocycles. The first kappa shape index (κ1) is 22.1. The first-order chi connectivity index (χ1) is 16.6. The van der Waals surface area contributed by atoms with Crippen LogP contribution in [-0.2, 0) is 11.8 Å². The third-order valence-electron chi connectivity index (χ3n) is 5.54. The smallest absolute Gasteiger partial charge is 0.228 e. The van der Waals surface area contributed by atoms with Gasteiger partial charge in [0.25, 0.3) is 0 Å². The monoisotopic (exact) mass is 477 g/mol. The maximum Gasteiger partial charge on any atom is 0.228 e. The van der Waals surface area contributed by atoms with E-state index < -0.39 is 0 Å². The van der Waals surface area contributed by atoms with Gasteiger partial charge in [-0.15, -0.1) is 0 Å². The Morgan fingerprint density at radius 2 is 1.85 bits per heavy atom. The molecule has 10 heteroatoms. The Balaban J connectivity index is 1.65. The van der Waals surface area contributed by atoms with Crippen LogP contribution in [0.15, 0.2) is 55.0 Å². The summed E-state index contributed by atoms with van der Waals surface area (Å²) in [5.41, 5.74) is 3.93. The average Bonchev–Trinajstić information content (AvgIpc) is 3.32. The van der Waals surface area contributed by atoms with Crippen LogP contribution < -0.4 is 15.0 Å². The maximum atomic E-state index is 6.91. The molecule has 1 saturated heterocycles. The lowest BCUT2D eigenvalue weighted by atomic mass is 10.0. The summed E-state index contributed by atoms with van der Waals surface area (Å²) in [6.45, 7) is 2.63. The number of benzene rings is 1. The van der Waals surface area contributed by atoms with E-state index in [0.717, 1.165) is 22.5 Å². The van der Waals surface area contributed by atoms with E-state index in [1.54, 1.807) is 24.2 Å². The topological polar surface area (TPSA) is 90.2 Å². The summed E-state index contributed by atoms with van der Waals surface area (Å²) in [5, 5.41) is 8.23. The Kier molecular flexibility index (Phi) is 6.29. The zero-order valence-corrected chi connectivity index (χ0v) is 19.7. The van der Waals surface area contributed by atoms with Crippen molar-refractivity contribution in [1.82, 2.24) is 24.7 Å². The van der Waals surface area contributed by atoms with Gasteiger partial charge in [0, 0.05) is 55.5 Å². The van der Waals surface area contributed by atoms with Gasteiger partial charge >= 0.3 is 0 Å². The molecule has 5 rings (SSSR count). The minimum atomic E-state index is 0.394. The Bertz CT molecular complexity index is 1290. The van der Waals surface area contributed by atoms with Crippen molar-refractivity contribution >= 4 is 29.1 Å². The first-order valence-corrected chi connectivity index (χ1v) is 11.3. The molecule has 1 fully saturated rings. The number of aryl methyl sites for hydroxylation is 1. The molecule has 0 unspecified atom stereocenters. The molecule has 174 valence electrons. The highest BCUT2D eigenvalue weighted by Gasteiger charge is 2.22. The van der Waals surface area contributed by atoms with Crippen LogP contribution in [0, 0.1) is 0 Å². The van der Waals surface area contributed by atoms with Gasteiger partial charge in [-0.05, 0) is 36.4 Å². The van der Waals surface area contributed by atoms with Gasteiger partial charge in [-0.3, -0.25) is 9.67 Å². The third-order valence-corrected chi connectivity index (χ3v) is 5.90. The Labute approximate surface area is 202 Å². The highest BCUT2D eigenvalue weighted by molar-refractivity contribution is 6.35. The molecule has 1 N–H and O–H groups in total. The summed E-state index contributed by atoms with van der Waals surface area (Å²) < 4.78 is 13.0. The number of aromatic nitrogens is 5. The molecule has 1 aliphatic rings. The van der Waals surface area contributed by atoms with Crippen LogP contribution in [0.5, 0.6) is 5.75 Å². The summed E-state index contributed by atoms with van der Waals surface area (Å²) in [6, 6.07) is 11.5. The molecule has 1 aliphatic heterocycles. The fourth-order valence-electron chi connectivity index (χ4n) is 3.79. The number of nitrogens with zero attached hydrogens (tertiary/aromatic N) is 6. The SMILES string of the molecule is COc1ccc(-c2ccn(C)n2)cc1-c1nc(N2CCOCC2)nc(Nc2ccncc2)c1Cl. The molecule has 9 nitrogen and oxygen atoms in total. The van der Waals surface area contributed by atoms with Crippen LogP contribution in [0.1, 0.15) is 0 Å². The number of anilines is 3. The lowest BCUT2D eigenvalue weighted by Gasteiger charge is -2.28. The minimum absolute atomic E-state index is 0.394. The van der Waals surface area contributed by atoms with Crippen LogP contribution in [0.2, 0.25) is 5.02 Å². The van der Waals surface area contributed by atoms with Crippen LogP contribution in [0.25, 0.3) is 22.5 Å². The highest BCUT2D eigenvalue weighted by atomic mass is 35.5. The lowest BCUT2D eigenvalue weighted by molar-refractivity contribution is 0.122. The zero-order valence-electron chi connectivity index (χ0n) is 18.9. The largest absolute Gasteiger partial charge is 0.496 e. The third kappa shape index (κ3) is 4.52. The number of methoxy groups -OCH3 is 1. The molecule has 0 saturated carbocycles. The fraction of sp³-hybridized carbons (Fsp3) is 0.250. The molecule has 0 spiro atoms. The van der Waals surface area contributed by atoms with Gasteiger partial charge in [0.2, 0.25) is 5.95 Å². The molecule has 0 radical (unpaired) electrons. The summed E-state index contributed by atoms with van der Waals surface area (Å²) in [4.78, 5) is 15.8. The number of ether oxygens (including phenoxy) is 2. The number of pyridine rings is 1. The van der Waals surface area contributed by atoms with Crippen molar-refractivity contribution in [2.24, 2.45) is 7.05 Å². The second-order valence-electron chi connectivity index (χ2n) is 7.78. The molecule has 1 aromatic carbocycles. The van der Waals surface area contributed by atoms with Gasteiger partial charge in [-0.25, -0.2) is 4.98 Å². The molecular weight excluding hydrogens is 454 g/mol. The first-order valence-electron chi connectivity index (χ1n) is 10.9. The van der Waals surface area contributed by atoms with E-state index in [1.807, 2.05) is 49.6 Å². The van der Waals surface area contributed by atoms with E-state index in [2.05, 4.69) is 20.3 Å². The van der Waals surface area contributed by atoms with Gasteiger partial charge in [0.05, 0.1) is 26.0 Å². The molecular formula is C24H24ClN7O2. The van der Waals surface area contributed by atoms with Crippen molar-refractivity contribution in [2.75, 3.05) is 43.6 Å². The van der Waals surface area contributed by atoms with Gasteiger partial charge in [0.1, 0.15) is 16.5 Å². The van der Waals surface area contributed by atoms with Gasteiger partial charge in [0.15, 0.2) is 5.82 Å². The van der Waals surface area contributed by atoms with Gasteiger partial charge in [-0.1, -0.05) is 11.6 Å². The Morgan fingerprint density at radius 1 is 1.06 bits per heavy atom. The van der Waals surface area contributed by atoms with Crippen LogP contribution in [0.4, 0.5) is 17.5 Å². The van der Waals surface area contributed by atoms with E-state index in [9.17, 15) is 0 Å². The second-order valence-corrected chi connectivity index (χ2v) is 8.16. The normalized spacial score (nSPS) is 13.7. The van der Waals surface area contributed by atoms with E-state index in [0.29, 0.717) is 54.5 Å².